The molecule has 1 amide bonds. The second-order valence-corrected chi connectivity index (χ2v) is 8.36. The first-order valence-electron chi connectivity index (χ1n) is 9.86. The van der Waals surface area contributed by atoms with Crippen LogP contribution in [0.2, 0.25) is 20.1 Å². The third-order valence-electron chi connectivity index (χ3n) is 4.56. The zero-order valence-corrected chi connectivity index (χ0v) is 21.4. The lowest BCUT2D eigenvalue weighted by atomic mass is 10.2. The van der Waals surface area contributed by atoms with Crippen LogP contribution in [0, 0.1) is 0 Å². The third kappa shape index (κ3) is 6.07. The SMILES string of the molecule is CCC(=O)Nc1cc(Cl)cc(Cl)c1Nc1ncc(OCc2c(Cl)c(OC)cc(OC)c2Cl)cn1. The van der Waals surface area contributed by atoms with Crippen molar-refractivity contribution in [1.29, 1.82) is 0 Å². The Bertz CT molecular complexity index is 1160. The molecule has 0 fully saturated rings. The van der Waals surface area contributed by atoms with Gasteiger partial charge in [-0.05, 0) is 12.1 Å². The number of hydrogen-bond donors (Lipinski definition) is 2. The molecular weight excluding hydrogens is 526 g/mol. The van der Waals surface area contributed by atoms with Gasteiger partial charge in [0.25, 0.3) is 0 Å². The summed E-state index contributed by atoms with van der Waals surface area (Å²) in [6.45, 7) is 1.76. The number of nitrogens with zero attached hydrogens (tertiary/aromatic N) is 2. The molecule has 12 heteroatoms. The summed E-state index contributed by atoms with van der Waals surface area (Å²) in [5, 5.41) is 7.02. The van der Waals surface area contributed by atoms with Gasteiger partial charge in [0.2, 0.25) is 11.9 Å². The van der Waals surface area contributed by atoms with E-state index in [1.165, 1.54) is 26.6 Å². The fourth-order valence-corrected chi connectivity index (χ4v) is 3.97. The van der Waals surface area contributed by atoms with Gasteiger partial charge in [-0.3, -0.25) is 4.79 Å². The molecule has 2 N–H and O–H groups in total. The number of ether oxygens (including phenoxy) is 3. The Balaban J connectivity index is 1.77. The highest BCUT2D eigenvalue weighted by atomic mass is 35.5. The average molecular weight is 546 g/mol. The summed E-state index contributed by atoms with van der Waals surface area (Å²) in [7, 11) is 2.98. The Morgan fingerprint density at radius 3 is 2.15 bits per heavy atom. The van der Waals surface area contributed by atoms with Gasteiger partial charge in [-0.25, -0.2) is 9.97 Å². The van der Waals surface area contributed by atoms with Crippen molar-refractivity contribution in [1.82, 2.24) is 9.97 Å². The fourth-order valence-electron chi connectivity index (χ4n) is 2.82. The van der Waals surface area contributed by atoms with Gasteiger partial charge in [0, 0.05) is 23.1 Å². The van der Waals surface area contributed by atoms with Gasteiger partial charge in [0.1, 0.15) is 18.1 Å². The second-order valence-electron chi connectivity index (χ2n) is 6.76. The molecule has 0 radical (unpaired) electrons. The van der Waals surface area contributed by atoms with Crippen LogP contribution in [-0.4, -0.2) is 30.1 Å². The van der Waals surface area contributed by atoms with Gasteiger partial charge in [0.05, 0.1) is 53.1 Å². The van der Waals surface area contributed by atoms with Gasteiger partial charge < -0.3 is 24.8 Å². The Morgan fingerprint density at radius 2 is 1.59 bits per heavy atom. The Hall–Kier alpha value is -2.65. The van der Waals surface area contributed by atoms with Crippen molar-refractivity contribution >= 4 is 69.6 Å². The van der Waals surface area contributed by atoms with Crippen LogP contribution >= 0.6 is 46.4 Å². The van der Waals surface area contributed by atoms with E-state index in [0.717, 1.165) is 0 Å². The highest BCUT2D eigenvalue weighted by Gasteiger charge is 2.18. The molecule has 0 aliphatic heterocycles. The summed E-state index contributed by atoms with van der Waals surface area (Å²) >= 11 is 25.1. The van der Waals surface area contributed by atoms with Crippen LogP contribution in [0.4, 0.5) is 17.3 Å². The molecule has 34 heavy (non-hydrogen) atoms. The summed E-state index contributed by atoms with van der Waals surface area (Å²) in [4.78, 5) is 20.3. The molecule has 3 aromatic rings. The zero-order valence-electron chi connectivity index (χ0n) is 18.3. The maximum atomic E-state index is 11.9. The predicted octanol–water partition coefficient (Wildman–Crippen LogP) is 6.78. The number of amides is 1. The molecule has 1 aromatic heterocycles. The van der Waals surface area contributed by atoms with Crippen LogP contribution in [0.5, 0.6) is 17.2 Å². The van der Waals surface area contributed by atoms with Gasteiger partial charge >= 0.3 is 0 Å². The van der Waals surface area contributed by atoms with E-state index < -0.39 is 0 Å². The average Bonchev–Trinajstić information content (AvgIpc) is 2.82. The maximum absolute atomic E-state index is 11.9. The molecule has 0 spiro atoms. The van der Waals surface area contributed by atoms with Gasteiger partial charge in [-0.2, -0.15) is 0 Å². The lowest BCUT2D eigenvalue weighted by Gasteiger charge is -2.16. The van der Waals surface area contributed by atoms with Crippen molar-refractivity contribution in [2.45, 2.75) is 20.0 Å². The van der Waals surface area contributed by atoms with E-state index in [2.05, 4.69) is 20.6 Å². The minimum Gasteiger partial charge on any atom is -0.495 e. The van der Waals surface area contributed by atoms with Crippen molar-refractivity contribution < 1.29 is 19.0 Å². The van der Waals surface area contributed by atoms with Crippen molar-refractivity contribution in [3.8, 4) is 17.2 Å². The van der Waals surface area contributed by atoms with Crippen molar-refractivity contribution in [3.05, 3.63) is 56.2 Å². The molecule has 0 unspecified atom stereocenters. The van der Waals surface area contributed by atoms with E-state index in [1.807, 2.05) is 0 Å². The minimum atomic E-state index is -0.197. The van der Waals surface area contributed by atoms with Crippen LogP contribution < -0.4 is 24.8 Å². The van der Waals surface area contributed by atoms with E-state index in [1.54, 1.807) is 25.1 Å². The third-order valence-corrected chi connectivity index (χ3v) is 5.91. The predicted molar refractivity (Wildman–Crippen MR) is 135 cm³/mol. The number of carbonyl (C=O) groups is 1. The number of nitrogens with one attached hydrogen (secondary N) is 2. The molecule has 0 atom stereocenters. The summed E-state index contributed by atoms with van der Waals surface area (Å²) in [6, 6.07) is 4.72. The fraction of sp³-hybridized carbons (Fsp3) is 0.227. The molecule has 180 valence electrons. The first kappa shape index (κ1) is 26.0. The van der Waals surface area contributed by atoms with Gasteiger partial charge in [0.15, 0.2) is 5.75 Å². The standard InChI is InChI=1S/C22H20Cl4N4O4/c1-4-18(31)29-15-6-11(23)5-14(24)21(15)30-22-27-8-12(9-28-22)34-10-13-19(25)16(32-2)7-17(33-3)20(13)26/h5-9H,4,10H2,1-3H3,(H,29,31)(H,27,28,30). The number of anilines is 3. The van der Waals surface area contributed by atoms with Crippen molar-refractivity contribution in [2.24, 2.45) is 0 Å². The molecule has 8 nitrogen and oxygen atoms in total. The summed E-state index contributed by atoms with van der Waals surface area (Å²) in [5.74, 6) is 1.20. The van der Waals surface area contributed by atoms with Crippen LogP contribution in [-0.2, 0) is 11.4 Å². The first-order valence-corrected chi connectivity index (χ1v) is 11.4. The first-order chi connectivity index (χ1) is 16.3. The normalized spacial score (nSPS) is 10.6. The minimum absolute atomic E-state index is 0.0254. The smallest absolute Gasteiger partial charge is 0.227 e. The second kappa shape index (κ2) is 11.7. The van der Waals surface area contributed by atoms with E-state index >= 15 is 0 Å². The molecule has 0 bridgehead atoms. The van der Waals surface area contributed by atoms with Crippen molar-refractivity contribution in [3.63, 3.8) is 0 Å². The van der Waals surface area contributed by atoms with Gasteiger partial charge in [-0.15, -0.1) is 0 Å². The van der Waals surface area contributed by atoms with Gasteiger partial charge in [-0.1, -0.05) is 53.3 Å². The van der Waals surface area contributed by atoms with E-state index in [4.69, 9.17) is 60.6 Å². The molecule has 3 rings (SSSR count). The molecule has 0 saturated heterocycles. The van der Waals surface area contributed by atoms with Crippen LogP contribution in [0.15, 0.2) is 30.6 Å². The number of rotatable bonds is 9. The Kier molecular flexibility index (Phi) is 8.90. The van der Waals surface area contributed by atoms with Crippen LogP contribution in [0.25, 0.3) is 0 Å². The summed E-state index contributed by atoms with van der Waals surface area (Å²) in [5.41, 5.74) is 1.30. The lowest BCUT2D eigenvalue weighted by Crippen LogP contribution is -2.11. The number of hydrogen-bond acceptors (Lipinski definition) is 7. The van der Waals surface area contributed by atoms with Crippen LogP contribution in [0.3, 0.4) is 0 Å². The van der Waals surface area contributed by atoms with Crippen molar-refractivity contribution in [2.75, 3.05) is 24.9 Å². The van der Waals surface area contributed by atoms with E-state index in [0.29, 0.717) is 60.7 Å². The Morgan fingerprint density at radius 1 is 0.971 bits per heavy atom. The lowest BCUT2D eigenvalue weighted by molar-refractivity contribution is -0.115. The topological polar surface area (TPSA) is 94.6 Å². The monoisotopic (exact) mass is 544 g/mol. The van der Waals surface area contributed by atoms with E-state index in [-0.39, 0.29) is 18.5 Å². The molecule has 0 saturated carbocycles. The molecule has 2 aromatic carbocycles. The van der Waals surface area contributed by atoms with E-state index in [9.17, 15) is 4.79 Å². The maximum Gasteiger partial charge on any atom is 0.227 e. The van der Waals surface area contributed by atoms with Crippen LogP contribution in [0.1, 0.15) is 18.9 Å². The number of benzene rings is 2. The summed E-state index contributed by atoms with van der Waals surface area (Å²) < 4.78 is 16.3. The molecular formula is C22H20Cl4N4O4. The number of carbonyl (C=O) groups excluding carboxylic acids is 1. The number of aromatic nitrogens is 2. The number of halogens is 4. The number of methoxy groups -OCH3 is 2. The Labute approximate surface area is 216 Å². The largest absolute Gasteiger partial charge is 0.495 e. The molecule has 0 aliphatic carbocycles. The molecule has 0 aliphatic rings. The quantitative estimate of drug-likeness (QED) is 0.306. The zero-order chi connectivity index (χ0) is 24.8. The highest BCUT2D eigenvalue weighted by molar-refractivity contribution is 6.38. The highest BCUT2D eigenvalue weighted by Crippen LogP contribution is 2.41. The summed E-state index contributed by atoms with van der Waals surface area (Å²) in [6.07, 6.45) is 3.21. The molecule has 1 heterocycles.